The fourth-order valence-electron chi connectivity index (χ4n) is 2.10. The molecule has 0 aromatic heterocycles. The summed E-state index contributed by atoms with van der Waals surface area (Å²) in [5.41, 5.74) is 4.77. The summed E-state index contributed by atoms with van der Waals surface area (Å²) in [5, 5.41) is 3.13. The van der Waals surface area contributed by atoms with Gasteiger partial charge in [-0.3, -0.25) is 4.79 Å². The molecule has 0 fully saturated rings. The van der Waals surface area contributed by atoms with Gasteiger partial charge in [-0.15, -0.1) is 0 Å². The van der Waals surface area contributed by atoms with Gasteiger partial charge in [0.1, 0.15) is 11.5 Å². The minimum absolute atomic E-state index is 0.328. The van der Waals surface area contributed by atoms with E-state index in [0.717, 1.165) is 17.9 Å². The number of benzene rings is 1. The van der Waals surface area contributed by atoms with Gasteiger partial charge in [0.05, 0.1) is 18.8 Å². The number of hydrogen-bond acceptors (Lipinski definition) is 4. The molecule has 1 rings (SSSR count). The van der Waals surface area contributed by atoms with Crippen LogP contribution in [0.15, 0.2) is 24.3 Å². The van der Waals surface area contributed by atoms with E-state index in [4.69, 9.17) is 15.2 Å². The van der Waals surface area contributed by atoms with E-state index >= 15 is 0 Å². The standard InChI is InChI=1S/C16H26N2O3/c1-4-18-16(3,15(17)19)11-6-12-21-14-9-7-13(8-10-14)20-5-2/h7-10,18H,4-6,11-12H2,1-3H3,(H2,17,19). The second kappa shape index (κ2) is 8.52. The Kier molecular flexibility index (Phi) is 7.02. The average molecular weight is 294 g/mol. The molecule has 0 spiro atoms. The Bertz CT molecular complexity index is 434. The number of hydrogen-bond donors (Lipinski definition) is 2. The minimum atomic E-state index is -0.670. The van der Waals surface area contributed by atoms with Crippen LogP contribution in [-0.2, 0) is 4.79 Å². The molecule has 0 saturated carbocycles. The van der Waals surface area contributed by atoms with Crippen LogP contribution in [0.2, 0.25) is 0 Å². The second-order valence-electron chi connectivity index (χ2n) is 5.08. The van der Waals surface area contributed by atoms with Crippen molar-refractivity contribution in [2.24, 2.45) is 5.73 Å². The fraction of sp³-hybridized carbons (Fsp3) is 0.562. The summed E-state index contributed by atoms with van der Waals surface area (Å²) in [7, 11) is 0. The van der Waals surface area contributed by atoms with Crippen LogP contribution in [0, 0.1) is 0 Å². The Morgan fingerprint density at radius 3 is 2.24 bits per heavy atom. The molecule has 0 heterocycles. The number of rotatable bonds is 10. The highest BCUT2D eigenvalue weighted by atomic mass is 16.5. The zero-order valence-electron chi connectivity index (χ0n) is 13.1. The highest BCUT2D eigenvalue weighted by Gasteiger charge is 2.28. The lowest BCUT2D eigenvalue weighted by atomic mass is 9.95. The molecule has 0 aliphatic rings. The van der Waals surface area contributed by atoms with Crippen molar-refractivity contribution >= 4 is 5.91 Å². The van der Waals surface area contributed by atoms with E-state index in [-0.39, 0.29) is 5.91 Å². The fourth-order valence-corrected chi connectivity index (χ4v) is 2.10. The van der Waals surface area contributed by atoms with Crippen molar-refractivity contribution in [3.63, 3.8) is 0 Å². The molecule has 3 N–H and O–H groups in total. The lowest BCUT2D eigenvalue weighted by Gasteiger charge is -2.26. The first kappa shape index (κ1) is 17.3. The van der Waals surface area contributed by atoms with Crippen LogP contribution in [0.5, 0.6) is 11.5 Å². The number of primary amides is 1. The molecule has 21 heavy (non-hydrogen) atoms. The smallest absolute Gasteiger partial charge is 0.237 e. The largest absolute Gasteiger partial charge is 0.494 e. The number of ether oxygens (including phenoxy) is 2. The first-order chi connectivity index (χ1) is 10.0. The monoisotopic (exact) mass is 294 g/mol. The van der Waals surface area contributed by atoms with E-state index in [1.807, 2.05) is 45.0 Å². The number of amides is 1. The van der Waals surface area contributed by atoms with E-state index in [1.54, 1.807) is 0 Å². The van der Waals surface area contributed by atoms with Crippen LogP contribution in [-0.4, -0.2) is 31.2 Å². The van der Waals surface area contributed by atoms with Crippen LogP contribution in [0.25, 0.3) is 0 Å². The Balaban J connectivity index is 2.37. The van der Waals surface area contributed by atoms with Crippen LogP contribution in [0.1, 0.15) is 33.6 Å². The first-order valence-electron chi connectivity index (χ1n) is 7.42. The van der Waals surface area contributed by atoms with Crippen molar-refractivity contribution in [2.75, 3.05) is 19.8 Å². The summed E-state index contributed by atoms with van der Waals surface area (Å²) in [6.07, 6.45) is 1.40. The summed E-state index contributed by atoms with van der Waals surface area (Å²) in [6.45, 7) is 7.63. The van der Waals surface area contributed by atoms with Gasteiger partial charge >= 0.3 is 0 Å². The molecule has 118 valence electrons. The maximum Gasteiger partial charge on any atom is 0.237 e. The van der Waals surface area contributed by atoms with E-state index in [2.05, 4.69) is 5.32 Å². The normalized spacial score (nSPS) is 13.5. The number of likely N-dealkylation sites (N-methyl/N-ethyl adjacent to an activating group) is 1. The summed E-state index contributed by atoms with van der Waals surface area (Å²) in [5.74, 6) is 1.30. The van der Waals surface area contributed by atoms with Gasteiger partial charge in [-0.1, -0.05) is 6.92 Å². The molecule has 1 amide bonds. The average Bonchev–Trinajstić information content (AvgIpc) is 2.46. The highest BCUT2D eigenvalue weighted by molar-refractivity contribution is 5.84. The number of carbonyl (C=O) groups is 1. The van der Waals surface area contributed by atoms with Crippen LogP contribution in [0.4, 0.5) is 0 Å². The lowest BCUT2D eigenvalue weighted by Crippen LogP contribution is -2.53. The van der Waals surface area contributed by atoms with Gasteiger partial charge < -0.3 is 20.5 Å². The molecule has 1 aromatic carbocycles. The van der Waals surface area contributed by atoms with E-state index in [0.29, 0.717) is 26.2 Å². The van der Waals surface area contributed by atoms with Crippen molar-refractivity contribution < 1.29 is 14.3 Å². The van der Waals surface area contributed by atoms with Gasteiger partial charge in [0.15, 0.2) is 0 Å². The molecule has 1 atom stereocenters. The zero-order valence-corrected chi connectivity index (χ0v) is 13.1. The highest BCUT2D eigenvalue weighted by Crippen LogP contribution is 2.18. The Morgan fingerprint density at radius 2 is 1.76 bits per heavy atom. The van der Waals surface area contributed by atoms with Gasteiger partial charge in [-0.2, -0.15) is 0 Å². The first-order valence-corrected chi connectivity index (χ1v) is 7.42. The molecule has 1 unspecified atom stereocenters. The van der Waals surface area contributed by atoms with Crippen LogP contribution in [0.3, 0.4) is 0 Å². The third-order valence-electron chi connectivity index (χ3n) is 3.34. The summed E-state index contributed by atoms with van der Waals surface area (Å²) in [6, 6.07) is 7.52. The van der Waals surface area contributed by atoms with E-state index < -0.39 is 5.54 Å². The number of carbonyl (C=O) groups excluding carboxylic acids is 1. The third kappa shape index (κ3) is 5.63. The Morgan fingerprint density at radius 1 is 1.19 bits per heavy atom. The Labute approximate surface area is 126 Å². The number of nitrogens with one attached hydrogen (secondary N) is 1. The maximum atomic E-state index is 11.5. The predicted molar refractivity (Wildman–Crippen MR) is 83.6 cm³/mol. The lowest BCUT2D eigenvalue weighted by molar-refractivity contribution is -0.124. The van der Waals surface area contributed by atoms with Crippen molar-refractivity contribution in [1.29, 1.82) is 0 Å². The van der Waals surface area contributed by atoms with Crippen molar-refractivity contribution in [2.45, 2.75) is 39.2 Å². The molecule has 0 aliphatic carbocycles. The summed E-state index contributed by atoms with van der Waals surface area (Å²) in [4.78, 5) is 11.5. The quantitative estimate of drug-likeness (QED) is 0.648. The second-order valence-corrected chi connectivity index (χ2v) is 5.08. The predicted octanol–water partition coefficient (Wildman–Crippen LogP) is 2.10. The van der Waals surface area contributed by atoms with Gasteiger partial charge in [0, 0.05) is 0 Å². The van der Waals surface area contributed by atoms with Crippen molar-refractivity contribution in [1.82, 2.24) is 5.32 Å². The van der Waals surface area contributed by atoms with Crippen LogP contribution >= 0.6 is 0 Å². The van der Waals surface area contributed by atoms with Crippen molar-refractivity contribution in [3.05, 3.63) is 24.3 Å². The molecule has 5 heteroatoms. The molecular formula is C16H26N2O3. The van der Waals surface area contributed by atoms with Gasteiger partial charge in [0.2, 0.25) is 5.91 Å². The molecule has 5 nitrogen and oxygen atoms in total. The topological polar surface area (TPSA) is 73.6 Å². The van der Waals surface area contributed by atoms with E-state index in [1.165, 1.54) is 0 Å². The zero-order chi connectivity index (χ0) is 15.7. The van der Waals surface area contributed by atoms with Gasteiger partial charge in [-0.05, 0) is 57.5 Å². The molecular weight excluding hydrogens is 268 g/mol. The SMILES string of the molecule is CCNC(C)(CCCOc1ccc(OCC)cc1)C(N)=O. The van der Waals surface area contributed by atoms with Gasteiger partial charge in [0.25, 0.3) is 0 Å². The minimum Gasteiger partial charge on any atom is -0.494 e. The summed E-state index contributed by atoms with van der Waals surface area (Å²) < 4.78 is 11.0. The number of nitrogens with two attached hydrogens (primary N) is 1. The maximum absolute atomic E-state index is 11.5. The molecule has 1 aromatic rings. The molecule has 0 bridgehead atoms. The van der Waals surface area contributed by atoms with Crippen LogP contribution < -0.4 is 20.5 Å². The van der Waals surface area contributed by atoms with Gasteiger partial charge in [-0.25, -0.2) is 0 Å². The molecule has 0 aliphatic heterocycles. The third-order valence-corrected chi connectivity index (χ3v) is 3.34. The summed E-state index contributed by atoms with van der Waals surface area (Å²) >= 11 is 0. The Hall–Kier alpha value is -1.75. The van der Waals surface area contributed by atoms with Crippen molar-refractivity contribution in [3.8, 4) is 11.5 Å². The van der Waals surface area contributed by atoms with E-state index in [9.17, 15) is 4.79 Å². The molecule has 0 radical (unpaired) electrons. The molecule has 0 saturated heterocycles.